The van der Waals surface area contributed by atoms with Crippen LogP contribution in [0.5, 0.6) is 0 Å². The third-order valence-corrected chi connectivity index (χ3v) is 7.34. The van der Waals surface area contributed by atoms with E-state index >= 15 is 0 Å². The maximum atomic E-state index is 13.8. The van der Waals surface area contributed by atoms with Gasteiger partial charge in [-0.25, -0.2) is 4.90 Å². The molecule has 1 heterocycles. The minimum absolute atomic E-state index is 0.184. The Kier molecular flexibility index (Phi) is 3.74. The van der Waals surface area contributed by atoms with Crippen LogP contribution < -0.4 is 4.90 Å². The van der Waals surface area contributed by atoms with E-state index in [1.807, 2.05) is 48.5 Å². The highest BCUT2D eigenvalue weighted by Crippen LogP contribution is 2.64. The van der Waals surface area contributed by atoms with Crippen LogP contribution in [0.1, 0.15) is 28.2 Å². The summed E-state index contributed by atoms with van der Waals surface area (Å²) in [6.45, 7) is -0.323. The van der Waals surface area contributed by atoms with Crippen LogP contribution in [0.15, 0.2) is 72.8 Å². The summed E-state index contributed by atoms with van der Waals surface area (Å²) in [7, 11) is 0. The van der Waals surface area contributed by atoms with E-state index < -0.39 is 28.1 Å². The lowest BCUT2D eigenvalue weighted by molar-refractivity contribution is -0.384. The first kappa shape index (κ1) is 18.9. The van der Waals surface area contributed by atoms with Gasteiger partial charge in [-0.1, -0.05) is 54.6 Å². The molecule has 0 unspecified atom stereocenters. The molecule has 4 aliphatic rings. The number of carbonyl (C=O) groups is 2. The number of nitro groups is 1. The quantitative estimate of drug-likeness (QED) is 0.394. The minimum Gasteiger partial charge on any atom is -0.395 e. The number of anilines is 1. The first-order chi connectivity index (χ1) is 15.5. The Labute approximate surface area is 183 Å². The number of imide groups is 1. The Morgan fingerprint density at radius 2 is 1.53 bits per heavy atom. The maximum absolute atomic E-state index is 13.8. The Morgan fingerprint density at radius 1 is 0.906 bits per heavy atom. The lowest BCUT2D eigenvalue weighted by Crippen LogP contribution is -2.55. The number of amides is 2. The summed E-state index contributed by atoms with van der Waals surface area (Å²) >= 11 is 0. The molecule has 7 heteroatoms. The van der Waals surface area contributed by atoms with Crippen molar-refractivity contribution in [2.75, 3.05) is 11.5 Å². The monoisotopic (exact) mass is 426 g/mol. The Balaban J connectivity index is 1.61. The van der Waals surface area contributed by atoms with Crippen LogP contribution in [-0.4, -0.2) is 28.5 Å². The van der Waals surface area contributed by atoms with Crippen molar-refractivity contribution in [3.05, 3.63) is 105 Å². The molecule has 7 rings (SSSR count). The second-order valence-corrected chi connectivity index (χ2v) is 8.57. The van der Waals surface area contributed by atoms with Crippen LogP contribution in [0.4, 0.5) is 11.4 Å². The van der Waals surface area contributed by atoms with E-state index in [4.69, 9.17) is 0 Å². The van der Waals surface area contributed by atoms with E-state index in [1.54, 1.807) is 0 Å². The summed E-state index contributed by atoms with van der Waals surface area (Å²) in [6.07, 6.45) is 0. The molecule has 7 nitrogen and oxygen atoms in total. The molecule has 158 valence electrons. The molecule has 2 amide bonds. The van der Waals surface area contributed by atoms with Gasteiger partial charge in [0.15, 0.2) is 0 Å². The topological polar surface area (TPSA) is 101 Å². The molecule has 0 spiro atoms. The molecule has 1 N–H and O–H groups in total. The summed E-state index contributed by atoms with van der Waals surface area (Å²) in [4.78, 5) is 39.4. The van der Waals surface area contributed by atoms with Gasteiger partial charge in [0.2, 0.25) is 11.8 Å². The first-order valence-corrected chi connectivity index (χ1v) is 10.4. The molecule has 0 aromatic heterocycles. The molecule has 2 atom stereocenters. The zero-order chi connectivity index (χ0) is 22.2. The van der Waals surface area contributed by atoms with Crippen molar-refractivity contribution in [1.29, 1.82) is 0 Å². The number of aliphatic hydroxyl groups is 1. The molecule has 1 saturated heterocycles. The number of benzene rings is 3. The normalized spacial score (nSPS) is 27.2. The predicted molar refractivity (Wildman–Crippen MR) is 115 cm³/mol. The van der Waals surface area contributed by atoms with Crippen LogP contribution >= 0.6 is 0 Å². The van der Waals surface area contributed by atoms with E-state index in [-0.39, 0.29) is 29.8 Å². The molecule has 3 aliphatic carbocycles. The highest BCUT2D eigenvalue weighted by atomic mass is 16.6. The largest absolute Gasteiger partial charge is 0.395 e. The minimum atomic E-state index is -1.05. The number of non-ortho nitro benzene ring substituents is 1. The molecule has 2 bridgehead atoms. The zero-order valence-corrected chi connectivity index (χ0v) is 16.8. The molecular weight excluding hydrogens is 408 g/mol. The summed E-state index contributed by atoms with van der Waals surface area (Å²) < 4.78 is 0. The van der Waals surface area contributed by atoms with Crippen molar-refractivity contribution < 1.29 is 19.6 Å². The van der Waals surface area contributed by atoms with Gasteiger partial charge in [-0.3, -0.25) is 19.7 Å². The van der Waals surface area contributed by atoms with E-state index in [9.17, 15) is 24.8 Å². The third kappa shape index (κ3) is 2.08. The van der Waals surface area contributed by atoms with Crippen LogP contribution in [0.2, 0.25) is 0 Å². The zero-order valence-electron chi connectivity index (χ0n) is 16.8. The highest BCUT2D eigenvalue weighted by Gasteiger charge is 2.68. The molecule has 3 aromatic rings. The Hall–Kier alpha value is -3.84. The van der Waals surface area contributed by atoms with Gasteiger partial charge >= 0.3 is 0 Å². The van der Waals surface area contributed by atoms with Crippen LogP contribution in [0.3, 0.4) is 0 Å². The van der Waals surface area contributed by atoms with Crippen molar-refractivity contribution in [2.24, 2.45) is 11.8 Å². The molecule has 32 heavy (non-hydrogen) atoms. The Bertz CT molecular complexity index is 1290. The van der Waals surface area contributed by atoms with Gasteiger partial charge in [0, 0.05) is 18.1 Å². The van der Waals surface area contributed by atoms with Gasteiger partial charge in [-0.2, -0.15) is 0 Å². The third-order valence-electron chi connectivity index (χ3n) is 7.34. The summed E-state index contributed by atoms with van der Waals surface area (Å²) in [6, 6.07) is 20.9. The van der Waals surface area contributed by atoms with Crippen molar-refractivity contribution in [1.82, 2.24) is 0 Å². The van der Waals surface area contributed by atoms with Crippen molar-refractivity contribution in [3.8, 4) is 0 Å². The second kappa shape index (κ2) is 6.34. The number of carbonyl (C=O) groups excluding carboxylic acids is 2. The van der Waals surface area contributed by atoms with E-state index in [2.05, 4.69) is 0 Å². The van der Waals surface area contributed by atoms with Crippen LogP contribution in [-0.2, 0) is 15.0 Å². The van der Waals surface area contributed by atoms with E-state index in [0.29, 0.717) is 0 Å². The maximum Gasteiger partial charge on any atom is 0.271 e. The fourth-order valence-corrected chi connectivity index (χ4v) is 6.20. The molecule has 1 fully saturated rings. The summed E-state index contributed by atoms with van der Waals surface area (Å²) in [5, 5.41) is 22.1. The van der Waals surface area contributed by atoms with Gasteiger partial charge in [-0.15, -0.1) is 0 Å². The fourth-order valence-electron chi connectivity index (χ4n) is 6.20. The van der Waals surface area contributed by atoms with Crippen molar-refractivity contribution in [3.63, 3.8) is 0 Å². The van der Waals surface area contributed by atoms with E-state index in [1.165, 1.54) is 24.3 Å². The predicted octanol–water partition coefficient (Wildman–Crippen LogP) is 3.14. The van der Waals surface area contributed by atoms with Crippen molar-refractivity contribution >= 4 is 23.2 Å². The molecule has 0 saturated carbocycles. The SMILES string of the molecule is O=C1[C@@H]2[C@@H](C(=O)N1c1cccc([N+](=O)[O-])c1)C1c3ccccc3C2(CO)c2ccccc21. The van der Waals surface area contributed by atoms with Crippen molar-refractivity contribution in [2.45, 2.75) is 11.3 Å². The summed E-state index contributed by atoms with van der Waals surface area (Å²) in [5.74, 6) is -2.59. The number of hydrogen-bond donors (Lipinski definition) is 1. The number of nitro benzene ring substituents is 1. The van der Waals surface area contributed by atoms with Crippen LogP contribution in [0, 0.1) is 22.0 Å². The number of aliphatic hydroxyl groups excluding tert-OH is 1. The van der Waals surface area contributed by atoms with E-state index in [0.717, 1.165) is 27.2 Å². The Morgan fingerprint density at radius 3 is 2.12 bits per heavy atom. The lowest BCUT2D eigenvalue weighted by atomic mass is 9.47. The smallest absolute Gasteiger partial charge is 0.271 e. The van der Waals surface area contributed by atoms with Gasteiger partial charge in [0.25, 0.3) is 5.69 Å². The lowest BCUT2D eigenvalue weighted by Gasteiger charge is -2.53. The van der Waals surface area contributed by atoms with Gasteiger partial charge in [-0.05, 0) is 28.3 Å². The van der Waals surface area contributed by atoms with Crippen LogP contribution in [0.25, 0.3) is 0 Å². The first-order valence-electron chi connectivity index (χ1n) is 10.4. The molecule has 0 radical (unpaired) electrons. The molecule has 1 aliphatic heterocycles. The number of rotatable bonds is 3. The number of hydrogen-bond acceptors (Lipinski definition) is 5. The highest BCUT2D eigenvalue weighted by molar-refractivity contribution is 6.23. The van der Waals surface area contributed by atoms with Gasteiger partial charge < -0.3 is 5.11 Å². The average Bonchev–Trinajstić information content (AvgIpc) is 3.10. The fraction of sp³-hybridized carbons (Fsp3) is 0.200. The average molecular weight is 426 g/mol. The standard InChI is InChI=1S/C25H18N2O5/c28-13-25-18-10-3-1-8-16(18)20(17-9-2-4-11-19(17)25)21-22(25)24(30)26(23(21)29)14-6-5-7-15(12-14)27(31)32/h1-12,20-22,28H,13H2/t20?,21-,22-,25?/m0/s1. The molecular formula is C25H18N2O5. The van der Waals surface area contributed by atoms with Gasteiger partial charge in [0.1, 0.15) is 0 Å². The second-order valence-electron chi connectivity index (χ2n) is 8.57. The van der Waals surface area contributed by atoms with Gasteiger partial charge in [0.05, 0.1) is 34.5 Å². The number of nitrogens with zero attached hydrogens (tertiary/aromatic N) is 2. The summed E-state index contributed by atoms with van der Waals surface area (Å²) in [5.41, 5.74) is 2.58. The molecule has 3 aromatic carbocycles.